The third kappa shape index (κ3) is 4.69. The van der Waals surface area contributed by atoms with Gasteiger partial charge in [-0.15, -0.1) is 0 Å². The van der Waals surface area contributed by atoms with Crippen molar-refractivity contribution in [1.82, 2.24) is 4.98 Å². The molecule has 0 saturated heterocycles. The molecule has 25 heavy (non-hydrogen) atoms. The van der Waals surface area contributed by atoms with Gasteiger partial charge in [0, 0.05) is 18.9 Å². The third-order valence-corrected chi connectivity index (χ3v) is 4.52. The van der Waals surface area contributed by atoms with E-state index >= 15 is 0 Å². The fourth-order valence-electron chi connectivity index (χ4n) is 3.26. The molecule has 1 aliphatic rings. The van der Waals surface area contributed by atoms with Gasteiger partial charge in [-0.2, -0.15) is 0 Å². The Morgan fingerprint density at radius 1 is 1.28 bits per heavy atom. The average molecular weight is 343 g/mol. The number of carbonyl (C=O) groups excluding carboxylic acids is 1. The number of esters is 1. The number of rotatable bonds is 5. The Morgan fingerprint density at radius 2 is 2.08 bits per heavy atom. The fourth-order valence-corrected chi connectivity index (χ4v) is 3.26. The maximum atomic E-state index is 11.1. The number of aromatic nitrogens is 1. The van der Waals surface area contributed by atoms with Crippen LogP contribution in [0.5, 0.6) is 0 Å². The first-order chi connectivity index (χ1) is 12.0. The summed E-state index contributed by atoms with van der Waals surface area (Å²) in [6.07, 6.45) is 3.73. The molecule has 0 aliphatic heterocycles. The molecule has 2 unspecified atom stereocenters. The molecule has 5 heteroatoms. The molecule has 0 radical (unpaired) electrons. The zero-order valence-corrected chi connectivity index (χ0v) is 15.1. The zero-order chi connectivity index (χ0) is 17.8. The van der Waals surface area contributed by atoms with Crippen LogP contribution in [0.3, 0.4) is 0 Å². The topological polar surface area (TPSA) is 61.6 Å². The molecular formula is C20H25NO4. The van der Waals surface area contributed by atoms with Crippen LogP contribution in [-0.2, 0) is 20.9 Å². The second kappa shape index (κ2) is 7.83. The minimum absolute atomic E-state index is 0.0301. The van der Waals surface area contributed by atoms with E-state index in [-0.39, 0.29) is 18.2 Å². The number of hydrogen-bond acceptors (Lipinski definition) is 5. The molecule has 3 rings (SSSR count). The lowest BCUT2D eigenvalue weighted by Crippen LogP contribution is -2.29. The molecule has 2 aromatic rings. The summed E-state index contributed by atoms with van der Waals surface area (Å²) in [4.78, 5) is 15.7. The number of ether oxygens (including phenoxy) is 2. The quantitative estimate of drug-likeness (QED) is 0.755. The van der Waals surface area contributed by atoms with Crippen LogP contribution in [0.25, 0.3) is 11.5 Å². The predicted molar refractivity (Wildman–Crippen MR) is 94.0 cm³/mol. The van der Waals surface area contributed by atoms with Gasteiger partial charge in [-0.25, -0.2) is 4.98 Å². The first-order valence-corrected chi connectivity index (χ1v) is 8.83. The Bertz CT molecular complexity index is 737. The van der Waals surface area contributed by atoms with E-state index in [0.717, 1.165) is 42.7 Å². The van der Waals surface area contributed by atoms with E-state index in [2.05, 4.69) is 11.1 Å². The molecule has 0 bridgehead atoms. The predicted octanol–water partition coefficient (Wildman–Crippen LogP) is 4.35. The minimum atomic E-state index is -0.221. The lowest BCUT2D eigenvalue weighted by atomic mass is 9.95. The number of hydrogen-bond donors (Lipinski definition) is 0. The zero-order valence-electron chi connectivity index (χ0n) is 15.1. The van der Waals surface area contributed by atoms with Crippen LogP contribution in [0.1, 0.15) is 49.6 Å². The molecule has 1 fully saturated rings. The monoisotopic (exact) mass is 343 g/mol. The fraction of sp³-hybridized carbons (Fsp3) is 0.500. The van der Waals surface area contributed by atoms with Crippen LogP contribution in [0, 0.1) is 13.8 Å². The van der Waals surface area contributed by atoms with Crippen molar-refractivity contribution in [2.45, 2.75) is 65.3 Å². The molecule has 5 nitrogen and oxygen atoms in total. The molecule has 0 spiro atoms. The summed E-state index contributed by atoms with van der Waals surface area (Å²) in [6, 6.07) is 8.10. The van der Waals surface area contributed by atoms with Gasteiger partial charge in [0.25, 0.3) is 0 Å². The van der Waals surface area contributed by atoms with E-state index in [0.29, 0.717) is 12.5 Å². The summed E-state index contributed by atoms with van der Waals surface area (Å²) in [5, 5.41) is 0. The Hall–Kier alpha value is -2.14. The smallest absolute Gasteiger partial charge is 0.302 e. The molecule has 1 heterocycles. The standard InChI is InChI=1S/C20H25NO4/c1-13-6-4-7-16(10-13)20-21-19(14(2)24-20)12-23-17-8-5-9-18(11-17)25-15(3)22/h4,6-7,10,17-18H,5,8-9,11-12H2,1-3H3. The van der Waals surface area contributed by atoms with Crippen molar-refractivity contribution in [2.75, 3.05) is 0 Å². The number of nitrogens with zero attached hydrogens (tertiary/aromatic N) is 1. The lowest BCUT2D eigenvalue weighted by Gasteiger charge is -2.28. The van der Waals surface area contributed by atoms with Crippen LogP contribution in [0.15, 0.2) is 28.7 Å². The molecule has 1 aromatic carbocycles. The van der Waals surface area contributed by atoms with Gasteiger partial charge >= 0.3 is 5.97 Å². The van der Waals surface area contributed by atoms with E-state index in [9.17, 15) is 4.79 Å². The van der Waals surface area contributed by atoms with Crippen molar-refractivity contribution in [2.24, 2.45) is 0 Å². The SMILES string of the molecule is CC(=O)OC1CCCC(OCc2nc(-c3cccc(C)c3)oc2C)C1. The normalized spacial score (nSPS) is 20.4. The summed E-state index contributed by atoms with van der Waals surface area (Å²) in [5.41, 5.74) is 2.97. The molecule has 0 amide bonds. The number of carbonyl (C=O) groups is 1. The highest BCUT2D eigenvalue weighted by Gasteiger charge is 2.25. The third-order valence-electron chi connectivity index (χ3n) is 4.52. The largest absolute Gasteiger partial charge is 0.462 e. The van der Waals surface area contributed by atoms with Crippen molar-refractivity contribution in [3.63, 3.8) is 0 Å². The Balaban J connectivity index is 1.61. The molecule has 1 aromatic heterocycles. The van der Waals surface area contributed by atoms with E-state index in [1.54, 1.807) is 0 Å². The maximum absolute atomic E-state index is 11.1. The second-order valence-electron chi connectivity index (χ2n) is 6.72. The van der Waals surface area contributed by atoms with Gasteiger partial charge in [0.2, 0.25) is 5.89 Å². The molecule has 1 aliphatic carbocycles. The summed E-state index contributed by atoms with van der Waals surface area (Å²) < 4.78 is 17.1. The second-order valence-corrected chi connectivity index (χ2v) is 6.72. The van der Waals surface area contributed by atoms with Gasteiger partial charge in [-0.05, 0) is 45.2 Å². The van der Waals surface area contributed by atoms with Gasteiger partial charge in [-0.1, -0.05) is 17.7 Å². The Labute approximate surface area is 148 Å². The van der Waals surface area contributed by atoms with Gasteiger partial charge in [0.05, 0.1) is 12.7 Å². The van der Waals surface area contributed by atoms with E-state index < -0.39 is 0 Å². The van der Waals surface area contributed by atoms with Gasteiger partial charge in [0.15, 0.2) is 0 Å². The van der Waals surface area contributed by atoms with Crippen molar-refractivity contribution in [3.05, 3.63) is 41.3 Å². The summed E-state index contributed by atoms with van der Waals surface area (Å²) in [6.45, 7) is 5.83. The highest BCUT2D eigenvalue weighted by atomic mass is 16.5. The average Bonchev–Trinajstić information content (AvgIpc) is 2.94. The summed E-state index contributed by atoms with van der Waals surface area (Å²) in [7, 11) is 0. The first kappa shape index (κ1) is 17.7. The first-order valence-electron chi connectivity index (χ1n) is 8.83. The van der Waals surface area contributed by atoms with Crippen molar-refractivity contribution in [1.29, 1.82) is 0 Å². The van der Waals surface area contributed by atoms with E-state index in [1.165, 1.54) is 12.5 Å². The van der Waals surface area contributed by atoms with Crippen molar-refractivity contribution < 1.29 is 18.7 Å². The number of aryl methyl sites for hydroxylation is 2. The van der Waals surface area contributed by atoms with Crippen LogP contribution in [0.4, 0.5) is 0 Å². The van der Waals surface area contributed by atoms with Gasteiger partial charge in [-0.3, -0.25) is 4.79 Å². The number of oxazole rings is 1. The van der Waals surface area contributed by atoms with E-state index in [1.807, 2.05) is 32.0 Å². The van der Waals surface area contributed by atoms with Crippen LogP contribution in [-0.4, -0.2) is 23.2 Å². The maximum Gasteiger partial charge on any atom is 0.302 e. The molecule has 134 valence electrons. The minimum Gasteiger partial charge on any atom is -0.462 e. The van der Waals surface area contributed by atoms with Crippen molar-refractivity contribution >= 4 is 5.97 Å². The van der Waals surface area contributed by atoms with Crippen LogP contribution in [0.2, 0.25) is 0 Å². The summed E-state index contributed by atoms with van der Waals surface area (Å²) >= 11 is 0. The Morgan fingerprint density at radius 3 is 2.84 bits per heavy atom. The molecule has 0 N–H and O–H groups in total. The highest BCUT2D eigenvalue weighted by molar-refractivity contribution is 5.66. The van der Waals surface area contributed by atoms with Gasteiger partial charge < -0.3 is 13.9 Å². The number of benzene rings is 1. The molecule has 2 atom stereocenters. The Kier molecular flexibility index (Phi) is 5.53. The molecule has 1 saturated carbocycles. The van der Waals surface area contributed by atoms with E-state index in [4.69, 9.17) is 13.9 Å². The molecular weight excluding hydrogens is 318 g/mol. The highest BCUT2D eigenvalue weighted by Crippen LogP contribution is 2.26. The van der Waals surface area contributed by atoms with Crippen molar-refractivity contribution in [3.8, 4) is 11.5 Å². The van der Waals surface area contributed by atoms with Crippen LogP contribution < -0.4 is 0 Å². The summed E-state index contributed by atoms with van der Waals surface area (Å²) in [5.74, 6) is 1.19. The van der Waals surface area contributed by atoms with Crippen LogP contribution >= 0.6 is 0 Å². The van der Waals surface area contributed by atoms with Gasteiger partial charge in [0.1, 0.15) is 17.6 Å². The lowest BCUT2D eigenvalue weighted by molar-refractivity contribution is -0.150.